The van der Waals surface area contributed by atoms with Gasteiger partial charge >= 0.3 is 5.69 Å². The fourth-order valence-corrected chi connectivity index (χ4v) is 2.41. The Morgan fingerprint density at radius 3 is 2.75 bits per heavy atom. The first-order valence-corrected chi connectivity index (χ1v) is 6.33. The van der Waals surface area contributed by atoms with E-state index in [1.165, 1.54) is 6.07 Å². The molecule has 1 aromatic rings. The number of pyridine rings is 1. The number of nitrogens with one attached hydrogen (secondary N) is 1. The first-order valence-electron chi connectivity index (χ1n) is 6.33. The summed E-state index contributed by atoms with van der Waals surface area (Å²) >= 11 is 0. The van der Waals surface area contributed by atoms with E-state index in [2.05, 4.69) is 10.3 Å². The van der Waals surface area contributed by atoms with Gasteiger partial charge in [-0.2, -0.15) is 0 Å². The van der Waals surface area contributed by atoms with Crippen molar-refractivity contribution in [3.05, 3.63) is 22.4 Å². The highest BCUT2D eigenvalue weighted by Crippen LogP contribution is 2.32. The van der Waals surface area contributed by atoms with E-state index >= 15 is 0 Å². The third kappa shape index (κ3) is 2.79. The van der Waals surface area contributed by atoms with Crippen LogP contribution in [0.5, 0.6) is 5.88 Å². The summed E-state index contributed by atoms with van der Waals surface area (Å²) < 4.78 is 0. The summed E-state index contributed by atoms with van der Waals surface area (Å²) in [5.74, 6) is -0.318. The van der Waals surface area contributed by atoms with Crippen molar-refractivity contribution >= 4 is 17.3 Å². The first-order chi connectivity index (χ1) is 9.52. The van der Waals surface area contributed by atoms with E-state index in [-0.39, 0.29) is 23.4 Å². The molecule has 1 fully saturated rings. The highest BCUT2D eigenvalue weighted by Gasteiger charge is 2.28. The van der Waals surface area contributed by atoms with Crippen LogP contribution in [0.25, 0.3) is 0 Å². The first kappa shape index (κ1) is 14.0. The highest BCUT2D eigenvalue weighted by atomic mass is 16.6. The molecule has 1 amide bonds. The zero-order valence-electron chi connectivity index (χ0n) is 11.1. The van der Waals surface area contributed by atoms with Crippen molar-refractivity contribution in [3.8, 4) is 5.88 Å². The van der Waals surface area contributed by atoms with Crippen molar-refractivity contribution in [2.75, 3.05) is 25.0 Å². The van der Waals surface area contributed by atoms with E-state index in [9.17, 15) is 20.0 Å². The standard InChI is InChI=1S/C12H16N4O4/c1-13-12(18)8-2-4-15(5-3-8)9-6-11(17)14-7-10(9)16(19)20/h6-8H,2-5H2,1H3,(H,13,18)(H,14,17). The van der Waals surface area contributed by atoms with Gasteiger partial charge in [0.25, 0.3) is 0 Å². The van der Waals surface area contributed by atoms with Crippen LogP contribution < -0.4 is 10.2 Å². The second kappa shape index (κ2) is 5.72. The number of carbonyl (C=O) groups excluding carboxylic acids is 1. The quantitative estimate of drug-likeness (QED) is 0.622. The van der Waals surface area contributed by atoms with Gasteiger partial charge in [0.05, 0.1) is 4.92 Å². The lowest BCUT2D eigenvalue weighted by atomic mass is 9.95. The number of amides is 1. The molecule has 0 radical (unpaired) electrons. The van der Waals surface area contributed by atoms with Crippen molar-refractivity contribution in [2.45, 2.75) is 12.8 Å². The van der Waals surface area contributed by atoms with Crippen molar-refractivity contribution in [2.24, 2.45) is 5.92 Å². The number of anilines is 1. The molecule has 0 unspecified atom stereocenters. The largest absolute Gasteiger partial charge is 0.493 e. The van der Waals surface area contributed by atoms with Crippen LogP contribution in [0, 0.1) is 16.0 Å². The molecule has 2 rings (SSSR count). The van der Waals surface area contributed by atoms with Gasteiger partial charge < -0.3 is 15.3 Å². The van der Waals surface area contributed by atoms with E-state index < -0.39 is 4.92 Å². The van der Waals surface area contributed by atoms with Gasteiger partial charge in [-0.25, -0.2) is 4.98 Å². The maximum Gasteiger partial charge on any atom is 0.310 e. The summed E-state index contributed by atoms with van der Waals surface area (Å²) in [6.45, 7) is 1.06. The van der Waals surface area contributed by atoms with Crippen LogP contribution >= 0.6 is 0 Å². The van der Waals surface area contributed by atoms with Crippen LogP contribution in [0.3, 0.4) is 0 Å². The van der Waals surface area contributed by atoms with E-state index in [1.807, 2.05) is 0 Å². The maximum atomic E-state index is 11.6. The minimum absolute atomic E-state index is 0.00303. The van der Waals surface area contributed by atoms with Crippen LogP contribution in [-0.4, -0.2) is 41.1 Å². The minimum Gasteiger partial charge on any atom is -0.493 e. The van der Waals surface area contributed by atoms with Crippen LogP contribution in [0.2, 0.25) is 0 Å². The fraction of sp³-hybridized carbons (Fsp3) is 0.500. The number of aromatic nitrogens is 1. The number of hydrogen-bond acceptors (Lipinski definition) is 6. The van der Waals surface area contributed by atoms with Crippen LogP contribution in [0.4, 0.5) is 11.4 Å². The zero-order chi connectivity index (χ0) is 14.7. The molecule has 20 heavy (non-hydrogen) atoms. The molecule has 0 bridgehead atoms. The molecule has 1 aromatic heterocycles. The molecule has 2 N–H and O–H groups in total. The van der Waals surface area contributed by atoms with Gasteiger partial charge in [-0.15, -0.1) is 0 Å². The Labute approximate surface area is 115 Å². The Hall–Kier alpha value is -2.38. The molecule has 2 heterocycles. The van der Waals surface area contributed by atoms with Crippen molar-refractivity contribution in [1.29, 1.82) is 0 Å². The molecular weight excluding hydrogens is 264 g/mol. The zero-order valence-corrected chi connectivity index (χ0v) is 11.1. The third-order valence-corrected chi connectivity index (χ3v) is 3.50. The lowest BCUT2D eigenvalue weighted by Crippen LogP contribution is -2.39. The third-order valence-electron chi connectivity index (χ3n) is 3.50. The summed E-state index contributed by atoms with van der Waals surface area (Å²) in [6, 6.07) is 1.29. The molecule has 1 saturated heterocycles. The predicted molar refractivity (Wildman–Crippen MR) is 71.6 cm³/mol. The van der Waals surface area contributed by atoms with Crippen LogP contribution in [0.1, 0.15) is 12.8 Å². The molecule has 8 heteroatoms. The predicted octanol–water partition coefficient (Wildman–Crippen LogP) is 0.658. The van der Waals surface area contributed by atoms with Crippen molar-refractivity contribution in [1.82, 2.24) is 10.3 Å². The normalized spacial score (nSPS) is 15.9. The average Bonchev–Trinajstić information content (AvgIpc) is 2.46. The number of aromatic hydroxyl groups is 1. The topological polar surface area (TPSA) is 109 Å². The van der Waals surface area contributed by atoms with Gasteiger partial charge in [0.2, 0.25) is 11.8 Å². The van der Waals surface area contributed by atoms with Gasteiger partial charge in [0, 0.05) is 32.1 Å². The van der Waals surface area contributed by atoms with E-state index in [4.69, 9.17) is 0 Å². The smallest absolute Gasteiger partial charge is 0.310 e. The van der Waals surface area contributed by atoms with E-state index in [0.29, 0.717) is 31.6 Å². The van der Waals surface area contributed by atoms with Crippen LogP contribution in [0.15, 0.2) is 12.3 Å². The number of nitrogens with zero attached hydrogens (tertiary/aromatic N) is 3. The second-order valence-electron chi connectivity index (χ2n) is 4.66. The van der Waals surface area contributed by atoms with Crippen molar-refractivity contribution in [3.63, 3.8) is 0 Å². The van der Waals surface area contributed by atoms with Gasteiger partial charge in [-0.05, 0) is 12.8 Å². The Kier molecular flexibility index (Phi) is 4.02. The molecule has 0 saturated carbocycles. The number of piperidine rings is 1. The van der Waals surface area contributed by atoms with E-state index in [1.54, 1.807) is 11.9 Å². The Morgan fingerprint density at radius 2 is 2.20 bits per heavy atom. The summed E-state index contributed by atoms with van der Waals surface area (Å²) in [4.78, 5) is 27.4. The Balaban J connectivity index is 2.16. The molecule has 1 aliphatic heterocycles. The monoisotopic (exact) mass is 280 g/mol. The molecule has 0 aliphatic carbocycles. The molecule has 108 valence electrons. The summed E-state index contributed by atoms with van der Waals surface area (Å²) in [6.07, 6.45) is 2.30. The fourth-order valence-electron chi connectivity index (χ4n) is 2.41. The SMILES string of the molecule is CNC(=O)C1CCN(c2cc(O)ncc2[N+](=O)[O-])CC1. The molecule has 0 atom stereocenters. The summed E-state index contributed by atoms with van der Waals surface area (Å²) in [5, 5.41) is 23.0. The number of carbonyl (C=O) groups is 1. The lowest BCUT2D eigenvalue weighted by Gasteiger charge is -2.32. The minimum atomic E-state index is -0.521. The van der Waals surface area contributed by atoms with Gasteiger partial charge in [0.15, 0.2) is 0 Å². The summed E-state index contributed by atoms with van der Waals surface area (Å²) in [7, 11) is 1.60. The van der Waals surface area contributed by atoms with Crippen LogP contribution in [-0.2, 0) is 4.79 Å². The van der Waals surface area contributed by atoms with Crippen molar-refractivity contribution < 1.29 is 14.8 Å². The highest BCUT2D eigenvalue weighted by molar-refractivity contribution is 5.78. The number of hydrogen-bond donors (Lipinski definition) is 2. The molecule has 0 aromatic carbocycles. The molecule has 8 nitrogen and oxygen atoms in total. The molecule has 1 aliphatic rings. The number of rotatable bonds is 3. The molecular formula is C12H16N4O4. The number of nitro groups is 1. The summed E-state index contributed by atoms with van der Waals surface area (Å²) in [5.41, 5.74) is 0.207. The van der Waals surface area contributed by atoms with Gasteiger partial charge in [-0.1, -0.05) is 0 Å². The maximum absolute atomic E-state index is 11.6. The Bertz CT molecular complexity index is 526. The van der Waals surface area contributed by atoms with Gasteiger partial charge in [-0.3, -0.25) is 14.9 Å². The Morgan fingerprint density at radius 1 is 1.55 bits per heavy atom. The molecule has 0 spiro atoms. The average molecular weight is 280 g/mol. The second-order valence-corrected chi connectivity index (χ2v) is 4.66. The van der Waals surface area contributed by atoms with Gasteiger partial charge in [0.1, 0.15) is 11.9 Å². The lowest BCUT2D eigenvalue weighted by molar-refractivity contribution is -0.384. The van der Waals surface area contributed by atoms with E-state index in [0.717, 1.165) is 6.20 Å².